The van der Waals surface area contributed by atoms with E-state index in [2.05, 4.69) is 6.92 Å². The van der Waals surface area contributed by atoms with Crippen LogP contribution in [0.4, 0.5) is 0 Å². The Morgan fingerprint density at radius 1 is 0.914 bits per heavy atom. The number of aliphatic carboxylic acids is 2. The van der Waals surface area contributed by atoms with Gasteiger partial charge in [-0.1, -0.05) is 49.4 Å². The number of ketones is 1. The highest BCUT2D eigenvalue weighted by Crippen LogP contribution is 2.34. The quantitative estimate of drug-likeness (QED) is 0.508. The lowest BCUT2D eigenvalue weighted by atomic mass is 9.98. The molecule has 2 heterocycles. The first-order valence-corrected chi connectivity index (χ1v) is 12.4. The zero-order chi connectivity index (χ0) is 24.9. The molecular weight excluding hydrogens is 464 g/mol. The summed E-state index contributed by atoms with van der Waals surface area (Å²) in [5, 5.41) is 17.5. The standard InChI is InChI=1S/C16H12O3S.C12H14O3/c17-15(18)8-10-5-6-13-14(7-10)20-9-11-3-1-2-4-12(11)16(13)19;1-2-10-7-9-5-8(6-12(13)14)3-4-11(9)15-10/h1-7H,8-9H2,(H,17,18);3-5,10H,2,6-7H2,1H3,(H,13,14). The third-order valence-corrected chi connectivity index (χ3v) is 7.07. The zero-order valence-electron chi connectivity index (χ0n) is 19.3. The molecule has 0 spiro atoms. The predicted octanol–water partition coefficient (Wildman–Crippen LogP) is 5.18. The molecule has 0 aliphatic carbocycles. The van der Waals surface area contributed by atoms with Crippen LogP contribution in [0.2, 0.25) is 0 Å². The first-order valence-electron chi connectivity index (χ1n) is 11.4. The van der Waals surface area contributed by atoms with Crippen molar-refractivity contribution < 1.29 is 29.3 Å². The Kier molecular flexibility index (Phi) is 7.56. The van der Waals surface area contributed by atoms with E-state index in [0.717, 1.165) is 57.1 Å². The average molecular weight is 491 g/mol. The Bertz CT molecular complexity index is 1280. The highest BCUT2D eigenvalue weighted by Gasteiger charge is 2.22. The van der Waals surface area contributed by atoms with Crippen LogP contribution >= 0.6 is 11.8 Å². The monoisotopic (exact) mass is 490 g/mol. The number of benzene rings is 3. The molecule has 7 heteroatoms. The van der Waals surface area contributed by atoms with E-state index >= 15 is 0 Å². The van der Waals surface area contributed by atoms with Crippen molar-refractivity contribution in [1.29, 1.82) is 0 Å². The van der Waals surface area contributed by atoms with Crippen molar-refractivity contribution in [3.63, 3.8) is 0 Å². The highest BCUT2D eigenvalue weighted by atomic mass is 32.2. The van der Waals surface area contributed by atoms with Gasteiger partial charge in [-0.25, -0.2) is 0 Å². The molecule has 6 nitrogen and oxygen atoms in total. The molecule has 0 radical (unpaired) electrons. The number of carbonyl (C=O) groups excluding carboxylic acids is 1. The van der Waals surface area contributed by atoms with Crippen LogP contribution in [0.5, 0.6) is 5.75 Å². The molecule has 0 fully saturated rings. The van der Waals surface area contributed by atoms with Crippen molar-refractivity contribution >= 4 is 29.5 Å². The summed E-state index contributed by atoms with van der Waals surface area (Å²) in [5.74, 6) is 0.00313. The van der Waals surface area contributed by atoms with Crippen molar-refractivity contribution in [1.82, 2.24) is 0 Å². The van der Waals surface area contributed by atoms with Crippen molar-refractivity contribution in [2.75, 3.05) is 0 Å². The van der Waals surface area contributed by atoms with E-state index in [9.17, 15) is 14.4 Å². The molecule has 2 N–H and O–H groups in total. The molecule has 3 aromatic rings. The third kappa shape index (κ3) is 5.92. The van der Waals surface area contributed by atoms with Gasteiger partial charge in [0.15, 0.2) is 5.78 Å². The van der Waals surface area contributed by atoms with Crippen LogP contribution in [-0.4, -0.2) is 34.0 Å². The van der Waals surface area contributed by atoms with Gasteiger partial charge < -0.3 is 14.9 Å². The number of thioether (sulfide) groups is 1. The maximum absolute atomic E-state index is 12.5. The second-order valence-electron chi connectivity index (χ2n) is 8.54. The van der Waals surface area contributed by atoms with E-state index in [1.54, 1.807) is 23.9 Å². The molecule has 0 aromatic heterocycles. The van der Waals surface area contributed by atoms with Crippen LogP contribution in [0.1, 0.15) is 51.5 Å². The molecule has 5 rings (SSSR count). The second kappa shape index (κ2) is 10.8. The topological polar surface area (TPSA) is 101 Å². The van der Waals surface area contributed by atoms with Gasteiger partial charge in [0, 0.05) is 28.2 Å². The van der Waals surface area contributed by atoms with Gasteiger partial charge in [0.25, 0.3) is 0 Å². The van der Waals surface area contributed by atoms with Crippen LogP contribution in [0.15, 0.2) is 65.6 Å². The molecular formula is C28H26O6S. The van der Waals surface area contributed by atoms with Gasteiger partial charge in [0.05, 0.1) is 12.8 Å². The van der Waals surface area contributed by atoms with E-state index in [1.807, 2.05) is 48.5 Å². The molecule has 1 atom stereocenters. The molecule has 3 aromatic carbocycles. The minimum Gasteiger partial charge on any atom is -0.490 e. The number of carbonyl (C=O) groups is 3. The van der Waals surface area contributed by atoms with E-state index in [-0.39, 0.29) is 24.7 Å². The zero-order valence-corrected chi connectivity index (χ0v) is 20.1. The van der Waals surface area contributed by atoms with Crippen LogP contribution in [0.3, 0.4) is 0 Å². The lowest BCUT2D eigenvalue weighted by Crippen LogP contribution is -2.10. The second-order valence-corrected chi connectivity index (χ2v) is 9.56. The Balaban J connectivity index is 0.000000172. The molecule has 35 heavy (non-hydrogen) atoms. The average Bonchev–Trinajstić information content (AvgIpc) is 3.19. The Labute approximate surface area is 207 Å². The number of hydrogen-bond donors (Lipinski definition) is 2. The van der Waals surface area contributed by atoms with Crippen LogP contribution in [0.25, 0.3) is 0 Å². The molecule has 180 valence electrons. The lowest BCUT2D eigenvalue weighted by Gasteiger charge is -2.06. The maximum atomic E-state index is 12.5. The fourth-order valence-electron chi connectivity index (χ4n) is 4.21. The highest BCUT2D eigenvalue weighted by molar-refractivity contribution is 7.98. The van der Waals surface area contributed by atoms with E-state index in [0.29, 0.717) is 5.56 Å². The lowest BCUT2D eigenvalue weighted by molar-refractivity contribution is -0.137. The van der Waals surface area contributed by atoms with Crippen molar-refractivity contribution in [2.24, 2.45) is 0 Å². The first kappa shape index (κ1) is 24.5. The van der Waals surface area contributed by atoms with Crippen molar-refractivity contribution in [2.45, 2.75) is 49.4 Å². The van der Waals surface area contributed by atoms with Crippen LogP contribution in [-0.2, 0) is 34.6 Å². The minimum atomic E-state index is -0.863. The Hall–Kier alpha value is -3.58. The van der Waals surface area contributed by atoms with E-state index in [4.69, 9.17) is 14.9 Å². The predicted molar refractivity (Wildman–Crippen MR) is 133 cm³/mol. The maximum Gasteiger partial charge on any atom is 0.307 e. The Morgan fingerprint density at radius 3 is 2.31 bits per heavy atom. The van der Waals surface area contributed by atoms with Gasteiger partial charge in [-0.05, 0) is 46.9 Å². The summed E-state index contributed by atoms with van der Waals surface area (Å²) in [7, 11) is 0. The summed E-state index contributed by atoms with van der Waals surface area (Å²) < 4.78 is 5.67. The normalized spacial score (nSPS) is 15.5. The van der Waals surface area contributed by atoms with Gasteiger partial charge in [0.2, 0.25) is 0 Å². The SMILES string of the molecule is CCC1Cc2cc(CC(=O)O)ccc2O1.O=C(O)Cc1ccc2c(c1)SCc1ccccc1C2=O. The molecule has 2 aliphatic rings. The van der Waals surface area contributed by atoms with Crippen molar-refractivity contribution in [3.05, 3.63) is 94.0 Å². The van der Waals surface area contributed by atoms with Gasteiger partial charge >= 0.3 is 11.9 Å². The summed E-state index contributed by atoms with van der Waals surface area (Å²) in [6.07, 6.45) is 2.22. The number of carboxylic acids is 2. The smallest absolute Gasteiger partial charge is 0.307 e. The number of hydrogen-bond acceptors (Lipinski definition) is 5. The molecule has 0 saturated carbocycles. The fourth-order valence-corrected chi connectivity index (χ4v) is 5.33. The molecule has 2 aliphatic heterocycles. The fraction of sp³-hybridized carbons (Fsp3) is 0.250. The van der Waals surface area contributed by atoms with Gasteiger partial charge in [-0.3, -0.25) is 14.4 Å². The summed E-state index contributed by atoms with van der Waals surface area (Å²) in [5.41, 5.74) is 5.14. The number of carboxylic acid groups (broad SMARTS) is 2. The van der Waals surface area contributed by atoms with Crippen LogP contribution in [0, 0.1) is 0 Å². The molecule has 1 unspecified atom stereocenters. The van der Waals surface area contributed by atoms with Gasteiger partial charge in [-0.15, -0.1) is 11.8 Å². The largest absolute Gasteiger partial charge is 0.490 e. The number of fused-ring (bicyclic) bond motifs is 3. The van der Waals surface area contributed by atoms with Crippen molar-refractivity contribution in [3.8, 4) is 5.75 Å². The van der Waals surface area contributed by atoms with Gasteiger partial charge in [0.1, 0.15) is 11.9 Å². The number of rotatable bonds is 5. The van der Waals surface area contributed by atoms with Gasteiger partial charge in [-0.2, -0.15) is 0 Å². The van der Waals surface area contributed by atoms with E-state index < -0.39 is 11.9 Å². The summed E-state index contributed by atoms with van der Waals surface area (Å²) in [6.45, 7) is 2.09. The van der Waals surface area contributed by atoms with E-state index in [1.165, 1.54) is 0 Å². The first-order chi connectivity index (χ1) is 16.8. The molecule has 0 saturated heterocycles. The minimum absolute atomic E-state index is 0.0162. The summed E-state index contributed by atoms with van der Waals surface area (Å²) in [4.78, 5) is 34.7. The third-order valence-electron chi connectivity index (χ3n) is 5.97. The number of ether oxygens (including phenoxy) is 1. The molecule has 0 amide bonds. The summed E-state index contributed by atoms with van der Waals surface area (Å²) in [6, 6.07) is 18.5. The molecule has 0 bridgehead atoms. The summed E-state index contributed by atoms with van der Waals surface area (Å²) >= 11 is 1.58. The Morgan fingerprint density at radius 2 is 1.60 bits per heavy atom. The van der Waals surface area contributed by atoms with Crippen LogP contribution < -0.4 is 4.74 Å².